The Balaban J connectivity index is 2.41. The molecule has 1 aromatic rings. The highest BCUT2D eigenvalue weighted by Crippen LogP contribution is 2.13. The third kappa shape index (κ3) is 2.89. The van der Waals surface area contributed by atoms with Crippen LogP contribution >= 0.6 is 11.3 Å². The third-order valence-electron chi connectivity index (χ3n) is 1.50. The van der Waals surface area contributed by atoms with Gasteiger partial charge in [0, 0.05) is 30.6 Å². The van der Waals surface area contributed by atoms with Crippen molar-refractivity contribution in [2.75, 3.05) is 13.7 Å². The van der Waals surface area contributed by atoms with Crippen LogP contribution in [0.25, 0.3) is 0 Å². The molecule has 0 aliphatic rings. The second-order valence-corrected chi connectivity index (χ2v) is 3.78. The molecule has 1 rings (SSSR count). The van der Waals surface area contributed by atoms with Crippen molar-refractivity contribution in [2.45, 2.75) is 19.4 Å². The number of nitrogens with one attached hydrogen (secondary N) is 1. The summed E-state index contributed by atoms with van der Waals surface area (Å²) in [6.07, 6.45) is 3.60. The van der Waals surface area contributed by atoms with Crippen LogP contribution in [0.1, 0.15) is 16.3 Å². The Kier molecular flexibility index (Phi) is 4.21. The van der Waals surface area contributed by atoms with Crippen LogP contribution < -0.4 is 5.32 Å². The van der Waals surface area contributed by atoms with Crippen LogP contribution in [0.15, 0.2) is 6.20 Å². The fourth-order valence-electron chi connectivity index (χ4n) is 0.950. The predicted octanol–water partition coefficient (Wildman–Crippen LogP) is 0.787. The van der Waals surface area contributed by atoms with Crippen molar-refractivity contribution < 1.29 is 5.11 Å². The van der Waals surface area contributed by atoms with Crippen molar-refractivity contribution in [1.82, 2.24) is 10.3 Å². The van der Waals surface area contributed by atoms with Crippen molar-refractivity contribution in [2.24, 2.45) is 0 Å². The summed E-state index contributed by atoms with van der Waals surface area (Å²) in [5, 5.41) is 12.8. The zero-order valence-corrected chi connectivity index (χ0v) is 8.02. The Morgan fingerprint density at radius 1 is 1.67 bits per heavy atom. The number of hydrogen-bond acceptors (Lipinski definition) is 4. The largest absolute Gasteiger partial charge is 0.396 e. The van der Waals surface area contributed by atoms with Crippen molar-refractivity contribution in [3.8, 4) is 0 Å². The minimum absolute atomic E-state index is 0.251. The van der Waals surface area contributed by atoms with Crippen molar-refractivity contribution in [1.29, 1.82) is 0 Å². The first kappa shape index (κ1) is 9.64. The van der Waals surface area contributed by atoms with E-state index in [0.717, 1.165) is 24.4 Å². The Hall–Kier alpha value is -0.450. The topological polar surface area (TPSA) is 45.2 Å². The molecule has 0 amide bonds. The Morgan fingerprint density at radius 2 is 2.50 bits per heavy atom. The summed E-state index contributed by atoms with van der Waals surface area (Å²) < 4.78 is 0. The maximum atomic E-state index is 8.60. The van der Waals surface area contributed by atoms with Gasteiger partial charge in [0.2, 0.25) is 0 Å². The fourth-order valence-corrected chi connectivity index (χ4v) is 1.93. The van der Waals surface area contributed by atoms with Gasteiger partial charge in [-0.25, -0.2) is 4.98 Å². The van der Waals surface area contributed by atoms with Crippen LogP contribution in [0.5, 0.6) is 0 Å². The summed E-state index contributed by atoms with van der Waals surface area (Å²) in [5.41, 5.74) is 0. The number of aryl methyl sites for hydroxylation is 1. The van der Waals surface area contributed by atoms with Gasteiger partial charge in [-0.2, -0.15) is 0 Å². The lowest BCUT2D eigenvalue weighted by Gasteiger charge is -1.91. The normalized spacial score (nSPS) is 10.5. The molecule has 12 heavy (non-hydrogen) atoms. The second kappa shape index (κ2) is 5.24. The summed E-state index contributed by atoms with van der Waals surface area (Å²) in [7, 11) is 1.92. The highest BCUT2D eigenvalue weighted by molar-refractivity contribution is 7.11. The zero-order valence-electron chi connectivity index (χ0n) is 7.21. The average Bonchev–Trinajstić information content (AvgIpc) is 2.50. The molecule has 2 N–H and O–H groups in total. The van der Waals surface area contributed by atoms with Crippen molar-refractivity contribution >= 4 is 11.3 Å². The lowest BCUT2D eigenvalue weighted by Crippen LogP contribution is -2.02. The molecule has 0 saturated heterocycles. The van der Waals surface area contributed by atoms with Crippen molar-refractivity contribution in [3.63, 3.8) is 0 Å². The van der Waals surface area contributed by atoms with E-state index < -0.39 is 0 Å². The molecule has 0 unspecified atom stereocenters. The minimum atomic E-state index is 0.251. The molecule has 0 aliphatic heterocycles. The third-order valence-corrected chi connectivity index (χ3v) is 2.56. The van der Waals surface area contributed by atoms with Gasteiger partial charge < -0.3 is 10.4 Å². The van der Waals surface area contributed by atoms with Gasteiger partial charge in [-0.15, -0.1) is 11.3 Å². The quantitative estimate of drug-likeness (QED) is 0.714. The van der Waals surface area contributed by atoms with E-state index in [1.807, 2.05) is 13.2 Å². The molecule has 1 heterocycles. The first-order chi connectivity index (χ1) is 5.86. The summed E-state index contributed by atoms with van der Waals surface area (Å²) in [5.74, 6) is 0. The molecular formula is C8H14N2OS. The Bertz CT molecular complexity index is 225. The minimum Gasteiger partial charge on any atom is -0.396 e. The number of thiazole rings is 1. The first-order valence-corrected chi connectivity index (χ1v) is 4.87. The molecule has 0 fully saturated rings. The number of aliphatic hydroxyl groups excluding tert-OH is 1. The lowest BCUT2D eigenvalue weighted by molar-refractivity contribution is 0.288. The molecule has 0 atom stereocenters. The molecule has 0 bridgehead atoms. The maximum absolute atomic E-state index is 8.60. The summed E-state index contributed by atoms with van der Waals surface area (Å²) in [4.78, 5) is 5.49. The van der Waals surface area contributed by atoms with Gasteiger partial charge in [-0.05, 0) is 13.5 Å². The van der Waals surface area contributed by atoms with Gasteiger partial charge in [0.25, 0.3) is 0 Å². The van der Waals surface area contributed by atoms with Gasteiger partial charge >= 0.3 is 0 Å². The van der Waals surface area contributed by atoms with Crippen LogP contribution in [0.4, 0.5) is 0 Å². The van der Waals surface area contributed by atoms with E-state index in [-0.39, 0.29) is 6.61 Å². The van der Waals surface area contributed by atoms with Gasteiger partial charge in [-0.3, -0.25) is 0 Å². The zero-order chi connectivity index (χ0) is 8.81. The molecule has 4 heteroatoms. The van der Waals surface area contributed by atoms with Crippen LogP contribution in [-0.2, 0) is 13.0 Å². The van der Waals surface area contributed by atoms with Crippen LogP contribution in [0.3, 0.4) is 0 Å². The van der Waals surface area contributed by atoms with E-state index in [1.165, 1.54) is 4.88 Å². The van der Waals surface area contributed by atoms with E-state index in [0.29, 0.717) is 0 Å². The summed E-state index contributed by atoms with van der Waals surface area (Å²) in [6, 6.07) is 0. The number of nitrogens with zero attached hydrogens (tertiary/aromatic N) is 1. The molecule has 3 nitrogen and oxygen atoms in total. The fraction of sp³-hybridized carbons (Fsp3) is 0.625. The standard InChI is InChI=1S/C8H14N2OS/c1-9-5-7-6-10-8(12-7)3-2-4-11/h6,9,11H,2-5H2,1H3. The van der Waals surface area contributed by atoms with Crippen molar-refractivity contribution in [3.05, 3.63) is 16.1 Å². The van der Waals surface area contributed by atoms with Crippen LogP contribution in [0.2, 0.25) is 0 Å². The van der Waals surface area contributed by atoms with E-state index >= 15 is 0 Å². The molecule has 68 valence electrons. The maximum Gasteiger partial charge on any atom is 0.0929 e. The molecule has 0 saturated carbocycles. The Labute approximate surface area is 76.5 Å². The molecule has 0 radical (unpaired) electrons. The molecule has 0 aromatic carbocycles. The number of aromatic nitrogens is 1. The van der Waals surface area contributed by atoms with Crippen LogP contribution in [-0.4, -0.2) is 23.7 Å². The Morgan fingerprint density at radius 3 is 3.17 bits per heavy atom. The highest BCUT2D eigenvalue weighted by Gasteiger charge is 1.99. The smallest absolute Gasteiger partial charge is 0.0929 e. The molecule has 0 aliphatic carbocycles. The monoisotopic (exact) mass is 186 g/mol. The van der Waals surface area contributed by atoms with E-state index in [1.54, 1.807) is 11.3 Å². The number of rotatable bonds is 5. The van der Waals surface area contributed by atoms with E-state index in [9.17, 15) is 0 Å². The molecule has 1 aromatic heterocycles. The second-order valence-electron chi connectivity index (χ2n) is 2.58. The SMILES string of the molecule is CNCc1cnc(CCCO)s1. The van der Waals surface area contributed by atoms with Crippen LogP contribution in [0, 0.1) is 0 Å². The first-order valence-electron chi connectivity index (χ1n) is 4.06. The predicted molar refractivity (Wildman–Crippen MR) is 50.3 cm³/mol. The van der Waals surface area contributed by atoms with Gasteiger partial charge in [-0.1, -0.05) is 0 Å². The summed E-state index contributed by atoms with van der Waals surface area (Å²) in [6.45, 7) is 1.14. The highest BCUT2D eigenvalue weighted by atomic mass is 32.1. The average molecular weight is 186 g/mol. The van der Waals surface area contributed by atoms with Gasteiger partial charge in [0.05, 0.1) is 5.01 Å². The summed E-state index contributed by atoms with van der Waals surface area (Å²) >= 11 is 1.71. The number of hydrogen-bond donors (Lipinski definition) is 2. The van der Waals surface area contributed by atoms with E-state index in [4.69, 9.17) is 5.11 Å². The molecule has 0 spiro atoms. The van der Waals surface area contributed by atoms with Gasteiger partial charge in [0.1, 0.15) is 0 Å². The van der Waals surface area contributed by atoms with E-state index in [2.05, 4.69) is 10.3 Å². The van der Waals surface area contributed by atoms with Gasteiger partial charge in [0.15, 0.2) is 0 Å². The molecular weight excluding hydrogens is 172 g/mol. The number of aliphatic hydroxyl groups is 1. The lowest BCUT2D eigenvalue weighted by atomic mass is 10.3.